The van der Waals surface area contributed by atoms with E-state index in [-0.39, 0.29) is 0 Å². The van der Waals surface area contributed by atoms with Gasteiger partial charge in [0.25, 0.3) is 0 Å². The maximum Gasteiger partial charge on any atom is 0.171 e. The molecule has 2 atom stereocenters. The first kappa shape index (κ1) is 19.4. The van der Waals surface area contributed by atoms with Crippen LogP contribution in [0.25, 0.3) is 0 Å². The normalized spacial score (nSPS) is 24.6. The highest BCUT2D eigenvalue weighted by molar-refractivity contribution is 7.80. The van der Waals surface area contributed by atoms with Gasteiger partial charge in [0, 0.05) is 30.4 Å². The van der Waals surface area contributed by atoms with Crippen molar-refractivity contribution in [1.29, 1.82) is 0 Å². The number of benzene rings is 2. The first-order valence-electron chi connectivity index (χ1n) is 10.5. The number of nitrogens with one attached hydrogen (secondary N) is 2. The molecular formula is C24H31N3S. The van der Waals surface area contributed by atoms with Crippen molar-refractivity contribution in [3.63, 3.8) is 0 Å². The second-order valence-electron chi connectivity index (χ2n) is 8.48. The maximum absolute atomic E-state index is 5.62. The highest BCUT2D eigenvalue weighted by Crippen LogP contribution is 2.35. The van der Waals surface area contributed by atoms with Crippen LogP contribution in [0.1, 0.15) is 48.8 Å². The van der Waals surface area contributed by atoms with Crippen LogP contribution >= 0.6 is 12.2 Å². The van der Waals surface area contributed by atoms with Gasteiger partial charge in [-0.25, -0.2) is 0 Å². The van der Waals surface area contributed by atoms with Crippen LogP contribution < -0.4 is 10.6 Å². The molecule has 3 nitrogen and oxygen atoms in total. The number of piperidine rings is 2. The third-order valence-electron chi connectivity index (χ3n) is 6.34. The highest BCUT2D eigenvalue weighted by Gasteiger charge is 2.38. The van der Waals surface area contributed by atoms with Crippen molar-refractivity contribution in [2.24, 2.45) is 0 Å². The van der Waals surface area contributed by atoms with Crippen LogP contribution in [-0.4, -0.2) is 28.1 Å². The fraction of sp³-hybridized carbons (Fsp3) is 0.458. The number of rotatable bonds is 4. The summed E-state index contributed by atoms with van der Waals surface area (Å²) in [7, 11) is 0. The average molecular weight is 394 g/mol. The number of fused-ring (bicyclic) bond motifs is 2. The summed E-state index contributed by atoms with van der Waals surface area (Å²) in [5, 5.41) is 7.75. The Kier molecular flexibility index (Phi) is 5.98. The highest BCUT2D eigenvalue weighted by atomic mass is 32.1. The number of nitrogens with zero attached hydrogens (tertiary/aromatic N) is 1. The van der Waals surface area contributed by atoms with Gasteiger partial charge in [-0.1, -0.05) is 54.4 Å². The molecular weight excluding hydrogens is 362 g/mol. The SMILES string of the molecule is Cc1ccc(CN2C3CCCC2CC(NC(=S)Nc2ccccc2C)C3)cc1. The molecule has 2 bridgehead atoms. The molecule has 2 unspecified atom stereocenters. The molecule has 148 valence electrons. The minimum absolute atomic E-state index is 0.466. The molecule has 4 heteroatoms. The van der Waals surface area contributed by atoms with E-state index in [9.17, 15) is 0 Å². The van der Waals surface area contributed by atoms with Crippen LogP contribution in [0.4, 0.5) is 5.69 Å². The Labute approximate surface area is 174 Å². The Balaban J connectivity index is 1.37. The van der Waals surface area contributed by atoms with Crippen LogP contribution in [0, 0.1) is 13.8 Å². The van der Waals surface area contributed by atoms with Gasteiger partial charge in [0.2, 0.25) is 0 Å². The molecule has 28 heavy (non-hydrogen) atoms. The minimum Gasteiger partial charge on any atom is -0.360 e. The molecule has 0 spiro atoms. The monoisotopic (exact) mass is 393 g/mol. The summed E-state index contributed by atoms with van der Waals surface area (Å²) in [6, 6.07) is 19.1. The van der Waals surface area contributed by atoms with Gasteiger partial charge in [-0.15, -0.1) is 0 Å². The van der Waals surface area contributed by atoms with Gasteiger partial charge < -0.3 is 10.6 Å². The Morgan fingerprint density at radius 2 is 1.68 bits per heavy atom. The Bertz CT molecular complexity index is 803. The van der Waals surface area contributed by atoms with Crippen molar-refractivity contribution in [3.05, 3.63) is 65.2 Å². The average Bonchev–Trinajstić information content (AvgIpc) is 2.66. The summed E-state index contributed by atoms with van der Waals surface area (Å²) in [6.07, 6.45) is 6.32. The van der Waals surface area contributed by atoms with E-state index in [1.54, 1.807) is 0 Å². The third-order valence-corrected chi connectivity index (χ3v) is 6.56. The quantitative estimate of drug-likeness (QED) is 0.700. The molecule has 0 aromatic heterocycles. The smallest absolute Gasteiger partial charge is 0.171 e. The molecule has 2 N–H and O–H groups in total. The number of aryl methyl sites for hydroxylation is 2. The Morgan fingerprint density at radius 3 is 2.36 bits per heavy atom. The minimum atomic E-state index is 0.466. The summed E-state index contributed by atoms with van der Waals surface area (Å²) >= 11 is 5.62. The van der Waals surface area contributed by atoms with Crippen molar-refractivity contribution in [1.82, 2.24) is 10.2 Å². The van der Waals surface area contributed by atoms with Crippen LogP contribution in [0.15, 0.2) is 48.5 Å². The van der Waals surface area contributed by atoms with Crippen LogP contribution in [-0.2, 0) is 6.54 Å². The third kappa shape index (κ3) is 4.56. The zero-order chi connectivity index (χ0) is 19.5. The van der Waals surface area contributed by atoms with Gasteiger partial charge in [-0.05, 0) is 68.9 Å². The maximum atomic E-state index is 5.62. The van der Waals surface area contributed by atoms with E-state index in [0.29, 0.717) is 18.1 Å². The lowest BCUT2D eigenvalue weighted by atomic mass is 9.81. The molecule has 0 aliphatic carbocycles. The van der Waals surface area contributed by atoms with Gasteiger partial charge in [0.15, 0.2) is 5.11 Å². The van der Waals surface area contributed by atoms with Crippen molar-refractivity contribution in [2.45, 2.75) is 70.6 Å². The summed E-state index contributed by atoms with van der Waals surface area (Å²) in [6.45, 7) is 5.34. The first-order valence-corrected chi connectivity index (χ1v) is 10.9. The molecule has 0 radical (unpaired) electrons. The number of hydrogen-bond donors (Lipinski definition) is 2. The second kappa shape index (κ2) is 8.62. The molecule has 2 saturated heterocycles. The molecule has 2 aliphatic heterocycles. The zero-order valence-electron chi connectivity index (χ0n) is 16.9. The molecule has 2 aliphatic rings. The van der Waals surface area contributed by atoms with E-state index in [1.165, 1.54) is 48.8 Å². The second-order valence-corrected chi connectivity index (χ2v) is 8.89. The molecule has 2 heterocycles. The standard InChI is InChI=1S/C24H31N3S/c1-17-10-12-19(13-11-17)16-27-21-7-5-8-22(27)15-20(14-21)25-24(28)26-23-9-4-3-6-18(23)2/h3-4,6,9-13,20-22H,5,7-8,14-16H2,1-2H3,(H2,25,26,28). The van der Waals surface area contributed by atoms with Crippen molar-refractivity contribution < 1.29 is 0 Å². The molecule has 2 aromatic carbocycles. The van der Waals surface area contributed by atoms with Crippen molar-refractivity contribution in [3.8, 4) is 0 Å². The molecule has 2 fully saturated rings. The fourth-order valence-electron chi connectivity index (χ4n) is 4.82. The number of anilines is 1. The van der Waals surface area contributed by atoms with E-state index in [1.807, 2.05) is 6.07 Å². The lowest BCUT2D eigenvalue weighted by Gasteiger charge is -2.49. The summed E-state index contributed by atoms with van der Waals surface area (Å²) in [5.74, 6) is 0. The Morgan fingerprint density at radius 1 is 1.00 bits per heavy atom. The van der Waals surface area contributed by atoms with E-state index < -0.39 is 0 Å². The van der Waals surface area contributed by atoms with E-state index in [4.69, 9.17) is 12.2 Å². The topological polar surface area (TPSA) is 27.3 Å². The predicted octanol–water partition coefficient (Wildman–Crippen LogP) is 5.18. The van der Waals surface area contributed by atoms with E-state index >= 15 is 0 Å². The fourth-order valence-corrected chi connectivity index (χ4v) is 5.09. The number of para-hydroxylation sites is 1. The van der Waals surface area contributed by atoms with Gasteiger partial charge in [0.1, 0.15) is 0 Å². The van der Waals surface area contributed by atoms with E-state index in [2.05, 4.69) is 71.8 Å². The lowest BCUT2D eigenvalue weighted by molar-refractivity contribution is 0.0212. The van der Waals surface area contributed by atoms with Gasteiger partial charge in [-0.3, -0.25) is 4.90 Å². The molecule has 2 aromatic rings. The van der Waals surface area contributed by atoms with Crippen molar-refractivity contribution in [2.75, 3.05) is 5.32 Å². The predicted molar refractivity (Wildman–Crippen MR) is 122 cm³/mol. The number of thiocarbonyl (C=S) groups is 1. The lowest BCUT2D eigenvalue weighted by Crippen LogP contribution is -2.56. The van der Waals surface area contributed by atoms with Crippen molar-refractivity contribution >= 4 is 23.0 Å². The van der Waals surface area contributed by atoms with Crippen LogP contribution in [0.2, 0.25) is 0 Å². The molecule has 4 rings (SSSR count). The van der Waals surface area contributed by atoms with Gasteiger partial charge in [-0.2, -0.15) is 0 Å². The van der Waals surface area contributed by atoms with Crippen LogP contribution in [0.3, 0.4) is 0 Å². The first-order chi connectivity index (χ1) is 13.6. The van der Waals surface area contributed by atoms with Gasteiger partial charge in [0.05, 0.1) is 0 Å². The summed E-state index contributed by atoms with van der Waals surface area (Å²) in [5.41, 5.74) is 5.08. The number of hydrogen-bond acceptors (Lipinski definition) is 2. The van der Waals surface area contributed by atoms with E-state index in [0.717, 1.165) is 17.3 Å². The molecule has 0 amide bonds. The van der Waals surface area contributed by atoms with Gasteiger partial charge >= 0.3 is 0 Å². The zero-order valence-corrected chi connectivity index (χ0v) is 17.8. The molecule has 0 saturated carbocycles. The largest absolute Gasteiger partial charge is 0.360 e. The van der Waals surface area contributed by atoms with Crippen LogP contribution in [0.5, 0.6) is 0 Å². The Hall–Kier alpha value is -1.91. The summed E-state index contributed by atoms with van der Waals surface area (Å²) in [4.78, 5) is 2.75. The summed E-state index contributed by atoms with van der Waals surface area (Å²) < 4.78 is 0.